The molecule has 0 fully saturated rings. The second-order valence-corrected chi connectivity index (χ2v) is 3.89. The van der Waals surface area contributed by atoms with Gasteiger partial charge in [0.2, 0.25) is 0 Å². The van der Waals surface area contributed by atoms with Crippen molar-refractivity contribution < 1.29 is 14.4 Å². The molecule has 1 aromatic carbocycles. The van der Waals surface area contributed by atoms with Crippen LogP contribution >= 0.6 is 0 Å². The SMILES string of the molecule is NC(=O)N(O)C/C=C/c1ccc(-c2ccccc2)o1. The van der Waals surface area contributed by atoms with E-state index >= 15 is 0 Å². The zero-order chi connectivity index (χ0) is 13.7. The van der Waals surface area contributed by atoms with Crippen molar-refractivity contribution in [2.45, 2.75) is 0 Å². The number of hydrogen-bond donors (Lipinski definition) is 2. The van der Waals surface area contributed by atoms with Crippen LogP contribution in [0.2, 0.25) is 0 Å². The number of rotatable bonds is 4. The molecular formula is C14H14N2O3. The van der Waals surface area contributed by atoms with Gasteiger partial charge in [0.15, 0.2) is 0 Å². The van der Waals surface area contributed by atoms with Gasteiger partial charge >= 0.3 is 6.03 Å². The van der Waals surface area contributed by atoms with Crippen LogP contribution < -0.4 is 5.73 Å². The van der Waals surface area contributed by atoms with Crippen molar-refractivity contribution in [3.8, 4) is 11.3 Å². The van der Waals surface area contributed by atoms with Crippen LogP contribution in [0.5, 0.6) is 0 Å². The number of hydrogen-bond acceptors (Lipinski definition) is 3. The minimum atomic E-state index is -0.894. The molecule has 0 bridgehead atoms. The van der Waals surface area contributed by atoms with E-state index in [-0.39, 0.29) is 6.54 Å². The molecule has 1 heterocycles. The van der Waals surface area contributed by atoms with Gasteiger partial charge in [0.25, 0.3) is 0 Å². The number of primary amides is 1. The van der Waals surface area contributed by atoms with Crippen LogP contribution in [0.15, 0.2) is 53.0 Å². The molecule has 5 nitrogen and oxygen atoms in total. The van der Waals surface area contributed by atoms with Crippen LogP contribution in [0.25, 0.3) is 17.4 Å². The minimum Gasteiger partial charge on any atom is -0.457 e. The first-order chi connectivity index (χ1) is 9.16. The van der Waals surface area contributed by atoms with E-state index in [2.05, 4.69) is 0 Å². The van der Waals surface area contributed by atoms with Gasteiger partial charge in [0.05, 0.1) is 6.54 Å². The molecule has 0 aliphatic rings. The van der Waals surface area contributed by atoms with Gasteiger partial charge in [-0.1, -0.05) is 36.4 Å². The third kappa shape index (κ3) is 3.46. The summed E-state index contributed by atoms with van der Waals surface area (Å²) in [4.78, 5) is 10.6. The van der Waals surface area contributed by atoms with Crippen molar-refractivity contribution in [1.82, 2.24) is 5.06 Å². The average molecular weight is 258 g/mol. The van der Waals surface area contributed by atoms with Gasteiger partial charge in [-0.15, -0.1) is 0 Å². The quantitative estimate of drug-likeness (QED) is 0.653. The number of carbonyl (C=O) groups is 1. The van der Waals surface area contributed by atoms with E-state index in [1.165, 1.54) is 0 Å². The molecule has 2 aromatic rings. The first kappa shape index (κ1) is 12.9. The third-order valence-electron chi connectivity index (χ3n) is 2.50. The maximum Gasteiger partial charge on any atom is 0.338 e. The van der Waals surface area contributed by atoms with E-state index in [0.29, 0.717) is 10.8 Å². The van der Waals surface area contributed by atoms with E-state index in [4.69, 9.17) is 15.4 Å². The van der Waals surface area contributed by atoms with E-state index in [1.54, 1.807) is 12.2 Å². The molecule has 0 radical (unpaired) electrons. The summed E-state index contributed by atoms with van der Waals surface area (Å²) in [5.74, 6) is 1.40. The molecule has 2 rings (SSSR count). The molecule has 0 aliphatic carbocycles. The lowest BCUT2D eigenvalue weighted by molar-refractivity contribution is -0.0286. The molecule has 2 amide bonds. The van der Waals surface area contributed by atoms with Crippen molar-refractivity contribution in [3.05, 3.63) is 54.3 Å². The van der Waals surface area contributed by atoms with E-state index in [0.717, 1.165) is 11.3 Å². The van der Waals surface area contributed by atoms with E-state index in [9.17, 15) is 4.79 Å². The fourth-order valence-corrected chi connectivity index (χ4v) is 1.56. The molecule has 3 N–H and O–H groups in total. The molecule has 5 heteroatoms. The standard InChI is InChI=1S/C14H14N2O3/c15-14(17)16(18)10-4-7-12-8-9-13(19-12)11-5-2-1-3-6-11/h1-9,18H,10H2,(H2,15,17)/b7-4+. The highest BCUT2D eigenvalue weighted by molar-refractivity contribution is 5.70. The normalized spacial score (nSPS) is 10.8. The lowest BCUT2D eigenvalue weighted by Gasteiger charge is -2.07. The molecule has 0 unspecified atom stereocenters. The second-order valence-electron chi connectivity index (χ2n) is 3.89. The number of hydroxylamine groups is 2. The highest BCUT2D eigenvalue weighted by Crippen LogP contribution is 2.22. The number of nitrogens with two attached hydrogens (primary N) is 1. The maximum atomic E-state index is 10.6. The van der Waals surface area contributed by atoms with Gasteiger partial charge in [-0.25, -0.2) is 9.86 Å². The summed E-state index contributed by atoms with van der Waals surface area (Å²) in [6, 6.07) is 12.5. The summed E-state index contributed by atoms with van der Waals surface area (Å²) >= 11 is 0. The summed E-state index contributed by atoms with van der Waals surface area (Å²) < 4.78 is 5.61. The summed E-state index contributed by atoms with van der Waals surface area (Å²) in [7, 11) is 0. The Bertz CT molecular complexity index is 575. The molecule has 0 saturated carbocycles. The lowest BCUT2D eigenvalue weighted by atomic mass is 10.2. The topological polar surface area (TPSA) is 79.7 Å². The van der Waals surface area contributed by atoms with Crippen LogP contribution in [0, 0.1) is 0 Å². The Kier molecular flexibility index (Phi) is 4.00. The maximum absolute atomic E-state index is 10.6. The summed E-state index contributed by atoms with van der Waals surface area (Å²) in [6.45, 7) is 0.0106. The minimum absolute atomic E-state index is 0.0106. The van der Waals surface area contributed by atoms with Gasteiger partial charge in [0, 0.05) is 5.56 Å². The Balaban J connectivity index is 2.02. The molecule has 0 aliphatic heterocycles. The van der Waals surface area contributed by atoms with Gasteiger partial charge in [0.1, 0.15) is 11.5 Å². The molecule has 1 aromatic heterocycles. The van der Waals surface area contributed by atoms with E-state index < -0.39 is 6.03 Å². The number of furan rings is 1. The number of amides is 2. The molecule has 0 spiro atoms. The summed E-state index contributed by atoms with van der Waals surface area (Å²) in [6.07, 6.45) is 3.25. The van der Waals surface area contributed by atoms with Crippen molar-refractivity contribution in [2.75, 3.05) is 6.54 Å². The van der Waals surface area contributed by atoms with Crippen LogP contribution in [-0.2, 0) is 0 Å². The highest BCUT2D eigenvalue weighted by atomic mass is 16.5. The third-order valence-corrected chi connectivity index (χ3v) is 2.50. The predicted octanol–water partition coefficient (Wildman–Crippen LogP) is 2.73. The first-order valence-corrected chi connectivity index (χ1v) is 5.74. The average Bonchev–Trinajstić information content (AvgIpc) is 2.88. The highest BCUT2D eigenvalue weighted by Gasteiger charge is 2.03. The van der Waals surface area contributed by atoms with Crippen LogP contribution in [0.1, 0.15) is 5.76 Å². The van der Waals surface area contributed by atoms with Crippen molar-refractivity contribution >= 4 is 12.1 Å². The Morgan fingerprint density at radius 1 is 1.26 bits per heavy atom. The summed E-state index contributed by atoms with van der Waals surface area (Å²) in [5, 5.41) is 9.48. The zero-order valence-corrected chi connectivity index (χ0v) is 10.2. The fraction of sp³-hybridized carbons (Fsp3) is 0.0714. The van der Waals surface area contributed by atoms with Gasteiger partial charge < -0.3 is 10.2 Å². The molecular weight excluding hydrogens is 244 g/mol. The Morgan fingerprint density at radius 2 is 2.00 bits per heavy atom. The zero-order valence-electron chi connectivity index (χ0n) is 10.2. The molecule has 0 saturated heterocycles. The van der Waals surface area contributed by atoms with Crippen molar-refractivity contribution in [1.29, 1.82) is 0 Å². The summed E-state index contributed by atoms with van der Waals surface area (Å²) in [5.41, 5.74) is 5.86. The van der Waals surface area contributed by atoms with E-state index in [1.807, 2.05) is 42.5 Å². The lowest BCUT2D eigenvalue weighted by Crippen LogP contribution is -2.32. The fourth-order valence-electron chi connectivity index (χ4n) is 1.56. The number of carbonyl (C=O) groups excluding carboxylic acids is 1. The van der Waals surface area contributed by atoms with Gasteiger partial charge in [-0.05, 0) is 18.2 Å². The Labute approximate surface area is 110 Å². The number of nitrogens with zero attached hydrogens (tertiary/aromatic N) is 1. The first-order valence-electron chi connectivity index (χ1n) is 5.74. The second kappa shape index (κ2) is 5.88. The Morgan fingerprint density at radius 3 is 2.68 bits per heavy atom. The number of benzene rings is 1. The Hall–Kier alpha value is -2.53. The number of urea groups is 1. The molecule has 98 valence electrons. The monoisotopic (exact) mass is 258 g/mol. The molecule has 0 atom stereocenters. The van der Waals surface area contributed by atoms with Crippen LogP contribution in [0.4, 0.5) is 4.79 Å². The van der Waals surface area contributed by atoms with Crippen molar-refractivity contribution in [3.63, 3.8) is 0 Å². The van der Waals surface area contributed by atoms with Crippen molar-refractivity contribution in [2.24, 2.45) is 5.73 Å². The van der Waals surface area contributed by atoms with Gasteiger partial charge in [-0.2, -0.15) is 0 Å². The smallest absolute Gasteiger partial charge is 0.338 e. The van der Waals surface area contributed by atoms with Gasteiger partial charge in [-0.3, -0.25) is 5.21 Å². The largest absolute Gasteiger partial charge is 0.457 e. The van der Waals surface area contributed by atoms with Crippen LogP contribution in [0.3, 0.4) is 0 Å². The predicted molar refractivity (Wildman–Crippen MR) is 71.3 cm³/mol. The van der Waals surface area contributed by atoms with Crippen LogP contribution in [-0.4, -0.2) is 22.8 Å². The molecule has 19 heavy (non-hydrogen) atoms.